The van der Waals surface area contributed by atoms with E-state index in [-0.39, 0.29) is 5.91 Å². The zero-order chi connectivity index (χ0) is 18.2. The monoisotopic (exact) mass is 358 g/mol. The second-order valence-corrected chi connectivity index (χ2v) is 6.41. The highest BCUT2D eigenvalue weighted by Crippen LogP contribution is 2.22. The first kappa shape index (κ1) is 19.0. The van der Waals surface area contributed by atoms with Gasteiger partial charge in [0.1, 0.15) is 5.75 Å². The van der Waals surface area contributed by atoms with Gasteiger partial charge < -0.3 is 4.74 Å². The molecule has 0 aliphatic rings. The fourth-order valence-corrected chi connectivity index (χ4v) is 2.39. The van der Waals surface area contributed by atoms with Gasteiger partial charge in [-0.3, -0.25) is 4.79 Å². The van der Waals surface area contributed by atoms with Crippen LogP contribution in [0.4, 0.5) is 0 Å². The first-order chi connectivity index (χ1) is 12.0. The maximum atomic E-state index is 12.0. The summed E-state index contributed by atoms with van der Waals surface area (Å²) >= 11 is 5.98. The number of rotatable bonds is 7. The van der Waals surface area contributed by atoms with Crippen molar-refractivity contribution >= 4 is 23.7 Å². The van der Waals surface area contributed by atoms with Crippen LogP contribution in [0.25, 0.3) is 0 Å². The lowest BCUT2D eigenvalue weighted by atomic mass is 9.99. The molecule has 0 fully saturated rings. The van der Waals surface area contributed by atoms with Crippen LogP contribution in [0.2, 0.25) is 5.02 Å². The number of hydrogen-bond donors (Lipinski definition) is 1. The van der Waals surface area contributed by atoms with E-state index in [2.05, 4.69) is 29.6 Å². The van der Waals surface area contributed by atoms with Gasteiger partial charge in [0.15, 0.2) is 6.10 Å². The Kier molecular flexibility index (Phi) is 7.02. The van der Waals surface area contributed by atoms with Crippen molar-refractivity contribution < 1.29 is 9.53 Å². The Balaban J connectivity index is 1.79. The number of nitrogens with one attached hydrogen (secondary N) is 1. The number of hydrogen-bond acceptors (Lipinski definition) is 3. The van der Waals surface area contributed by atoms with Gasteiger partial charge in [-0.15, -0.1) is 0 Å². The number of ether oxygens (including phenoxy) is 1. The van der Waals surface area contributed by atoms with E-state index in [0.717, 1.165) is 12.0 Å². The quantitative estimate of drug-likeness (QED) is 0.575. The van der Waals surface area contributed by atoms with Crippen LogP contribution >= 0.6 is 11.6 Å². The molecular formula is C20H23ClN2O2. The largest absolute Gasteiger partial charge is 0.481 e. The molecule has 0 aromatic heterocycles. The average molecular weight is 359 g/mol. The van der Waals surface area contributed by atoms with Gasteiger partial charge in [-0.05, 0) is 55.5 Å². The van der Waals surface area contributed by atoms with Crippen LogP contribution in [0.15, 0.2) is 53.6 Å². The van der Waals surface area contributed by atoms with Crippen molar-refractivity contribution in [1.82, 2.24) is 5.43 Å². The molecule has 0 spiro atoms. The molecule has 2 atom stereocenters. The molecule has 132 valence electrons. The summed E-state index contributed by atoms with van der Waals surface area (Å²) in [6.07, 6.45) is 1.81. The molecule has 0 bridgehead atoms. The summed E-state index contributed by atoms with van der Waals surface area (Å²) in [5.41, 5.74) is 4.66. The third-order valence-corrected chi connectivity index (χ3v) is 4.33. The topological polar surface area (TPSA) is 50.7 Å². The number of nitrogens with zero attached hydrogens (tertiary/aromatic N) is 1. The van der Waals surface area contributed by atoms with Crippen LogP contribution < -0.4 is 10.2 Å². The molecule has 0 aliphatic carbocycles. The van der Waals surface area contributed by atoms with Crippen LogP contribution in [-0.4, -0.2) is 18.2 Å². The van der Waals surface area contributed by atoms with Gasteiger partial charge in [-0.25, -0.2) is 5.43 Å². The van der Waals surface area contributed by atoms with Gasteiger partial charge in [-0.2, -0.15) is 5.10 Å². The van der Waals surface area contributed by atoms with Crippen molar-refractivity contribution in [3.63, 3.8) is 0 Å². The number of carbonyl (C=O) groups excluding carboxylic acids is 1. The Morgan fingerprint density at radius 1 is 1.24 bits per heavy atom. The standard InChI is InChI=1S/C20H23ClN2O2/c1-14(17-7-5-4-6-8-17)11-12-22-23-20(24)16(3)25-18-9-10-19(21)15(2)13-18/h4-10,12-14,16H,11H2,1-3H3,(H,23,24)/t14-,16-/m0/s1. The molecular weight excluding hydrogens is 336 g/mol. The Bertz CT molecular complexity index is 732. The predicted octanol–water partition coefficient (Wildman–Crippen LogP) is 4.71. The molecule has 0 saturated carbocycles. The summed E-state index contributed by atoms with van der Waals surface area (Å²) < 4.78 is 5.61. The van der Waals surface area contributed by atoms with Crippen molar-refractivity contribution in [2.75, 3.05) is 0 Å². The Morgan fingerprint density at radius 2 is 1.96 bits per heavy atom. The van der Waals surface area contributed by atoms with E-state index in [1.807, 2.05) is 25.1 Å². The number of carbonyl (C=O) groups is 1. The summed E-state index contributed by atoms with van der Waals surface area (Å²) in [5.74, 6) is 0.648. The predicted molar refractivity (Wildman–Crippen MR) is 102 cm³/mol. The molecule has 0 unspecified atom stereocenters. The summed E-state index contributed by atoms with van der Waals surface area (Å²) in [6, 6.07) is 15.5. The van der Waals surface area contributed by atoms with Gasteiger partial charge in [-0.1, -0.05) is 48.9 Å². The highest BCUT2D eigenvalue weighted by molar-refractivity contribution is 6.31. The zero-order valence-electron chi connectivity index (χ0n) is 14.7. The van der Waals surface area contributed by atoms with Crippen LogP contribution in [0, 0.1) is 6.92 Å². The van der Waals surface area contributed by atoms with Crippen molar-refractivity contribution in [3.8, 4) is 5.75 Å². The van der Waals surface area contributed by atoms with Gasteiger partial charge in [0.2, 0.25) is 0 Å². The van der Waals surface area contributed by atoms with Crippen LogP contribution in [0.5, 0.6) is 5.75 Å². The summed E-state index contributed by atoms with van der Waals surface area (Å²) in [5, 5.41) is 4.67. The lowest BCUT2D eigenvalue weighted by Crippen LogP contribution is -2.33. The number of hydrazone groups is 1. The molecule has 1 amide bonds. The first-order valence-corrected chi connectivity index (χ1v) is 8.64. The Morgan fingerprint density at radius 3 is 2.64 bits per heavy atom. The summed E-state index contributed by atoms with van der Waals surface area (Å²) in [7, 11) is 0. The molecule has 1 N–H and O–H groups in total. The van der Waals surface area contributed by atoms with Crippen molar-refractivity contribution in [3.05, 3.63) is 64.7 Å². The average Bonchev–Trinajstić information content (AvgIpc) is 2.62. The van der Waals surface area contributed by atoms with Crippen molar-refractivity contribution in [1.29, 1.82) is 0 Å². The second-order valence-electron chi connectivity index (χ2n) is 6.01. The van der Waals surface area contributed by atoms with Crippen molar-refractivity contribution in [2.45, 2.75) is 39.2 Å². The smallest absolute Gasteiger partial charge is 0.280 e. The first-order valence-electron chi connectivity index (χ1n) is 8.26. The third kappa shape index (κ3) is 5.91. The van der Waals surface area contributed by atoms with Crippen molar-refractivity contribution in [2.24, 2.45) is 5.10 Å². The molecule has 5 heteroatoms. The Labute approximate surface area is 153 Å². The third-order valence-electron chi connectivity index (χ3n) is 3.91. The highest BCUT2D eigenvalue weighted by atomic mass is 35.5. The van der Waals surface area contributed by atoms with Gasteiger partial charge in [0.05, 0.1) is 0 Å². The van der Waals surface area contributed by atoms with Crippen LogP contribution in [0.3, 0.4) is 0 Å². The van der Waals surface area contributed by atoms with E-state index >= 15 is 0 Å². The molecule has 0 heterocycles. The summed E-state index contributed by atoms with van der Waals surface area (Å²) in [6.45, 7) is 5.69. The van der Waals surface area contributed by atoms with Gasteiger partial charge in [0.25, 0.3) is 5.91 Å². The van der Waals surface area contributed by atoms with E-state index in [9.17, 15) is 4.79 Å². The fraction of sp³-hybridized carbons (Fsp3) is 0.300. The minimum Gasteiger partial charge on any atom is -0.481 e. The van der Waals surface area contributed by atoms with E-state index in [1.54, 1.807) is 31.3 Å². The van der Waals surface area contributed by atoms with Gasteiger partial charge >= 0.3 is 0 Å². The molecule has 2 aromatic rings. The maximum Gasteiger partial charge on any atom is 0.280 e. The minimum absolute atomic E-state index is 0.295. The molecule has 4 nitrogen and oxygen atoms in total. The van der Waals surface area contributed by atoms with Gasteiger partial charge in [0, 0.05) is 11.2 Å². The lowest BCUT2D eigenvalue weighted by Gasteiger charge is -2.14. The molecule has 25 heavy (non-hydrogen) atoms. The molecule has 2 aromatic carbocycles. The zero-order valence-corrected chi connectivity index (χ0v) is 15.5. The lowest BCUT2D eigenvalue weighted by molar-refractivity contribution is -0.127. The summed E-state index contributed by atoms with van der Waals surface area (Å²) in [4.78, 5) is 12.0. The number of benzene rings is 2. The van der Waals surface area contributed by atoms with E-state index < -0.39 is 6.10 Å². The Hall–Kier alpha value is -2.33. The second kappa shape index (κ2) is 9.23. The molecule has 2 rings (SSSR count). The van der Waals surface area contributed by atoms with Crippen LogP contribution in [-0.2, 0) is 4.79 Å². The highest BCUT2D eigenvalue weighted by Gasteiger charge is 2.14. The number of aryl methyl sites for hydroxylation is 1. The normalized spacial score (nSPS) is 13.4. The maximum absolute atomic E-state index is 12.0. The van der Waals surface area contributed by atoms with E-state index in [0.29, 0.717) is 16.7 Å². The minimum atomic E-state index is -0.649. The number of amides is 1. The fourth-order valence-electron chi connectivity index (χ4n) is 2.28. The molecule has 0 radical (unpaired) electrons. The van der Waals surface area contributed by atoms with Crippen LogP contribution in [0.1, 0.15) is 37.3 Å². The van der Waals surface area contributed by atoms with E-state index in [4.69, 9.17) is 16.3 Å². The SMILES string of the molecule is Cc1cc(O[C@@H](C)C(=O)NN=CC[C@H](C)c2ccccc2)ccc1Cl. The molecule has 0 aliphatic heterocycles. The molecule has 0 saturated heterocycles. The number of halogens is 1. The van der Waals surface area contributed by atoms with E-state index in [1.165, 1.54) is 5.56 Å².